The van der Waals surface area contributed by atoms with Crippen molar-refractivity contribution in [2.45, 2.75) is 25.3 Å². The number of aromatic nitrogens is 1. The smallest absolute Gasteiger partial charge is 0.288 e. The van der Waals surface area contributed by atoms with Gasteiger partial charge in [-0.25, -0.2) is 4.98 Å². The number of hydrogen-bond acceptors (Lipinski definition) is 6. The van der Waals surface area contributed by atoms with Crippen LogP contribution in [0.1, 0.15) is 29.6 Å². The van der Waals surface area contributed by atoms with E-state index in [1.54, 1.807) is 0 Å². The third-order valence-corrected chi connectivity index (χ3v) is 3.76. The predicted octanol–water partition coefficient (Wildman–Crippen LogP) is 0.667. The molecule has 0 saturated carbocycles. The van der Waals surface area contributed by atoms with E-state index < -0.39 is 10.8 Å². The molecule has 0 aromatic carbocycles. The lowest BCUT2D eigenvalue weighted by Gasteiger charge is -2.29. The number of carbonyl (C=O) groups is 1. The topological polar surface area (TPSA) is 114 Å². The van der Waals surface area contributed by atoms with Gasteiger partial charge in [0.25, 0.3) is 11.6 Å². The Labute approximate surface area is 122 Å². The lowest BCUT2D eigenvalue weighted by molar-refractivity contribution is -0.385. The Morgan fingerprint density at radius 2 is 2.29 bits per heavy atom. The molecule has 2 rings (SSSR count). The van der Waals surface area contributed by atoms with E-state index in [0.29, 0.717) is 5.82 Å². The zero-order valence-electron chi connectivity index (χ0n) is 11.9. The van der Waals surface area contributed by atoms with Crippen LogP contribution in [-0.4, -0.2) is 42.0 Å². The zero-order valence-corrected chi connectivity index (χ0v) is 11.9. The second-order valence-corrected chi connectivity index (χ2v) is 5.13. The minimum Gasteiger partial charge on any atom is -0.365 e. The SMILES string of the molecule is CN(c1ncc([N+](=O)[O-])cc1C(N)=O)C1CCCNCC1. The minimum atomic E-state index is -0.709. The lowest BCUT2D eigenvalue weighted by atomic mass is 10.1. The van der Waals surface area contributed by atoms with E-state index in [9.17, 15) is 14.9 Å². The van der Waals surface area contributed by atoms with Gasteiger partial charge in [-0.3, -0.25) is 14.9 Å². The number of pyridine rings is 1. The summed E-state index contributed by atoms with van der Waals surface area (Å²) in [6.45, 7) is 1.87. The normalized spacial score (nSPS) is 18.8. The first kappa shape index (κ1) is 15.2. The van der Waals surface area contributed by atoms with Gasteiger partial charge in [0.2, 0.25) is 0 Å². The Morgan fingerprint density at radius 3 is 2.95 bits per heavy atom. The molecule has 0 aliphatic carbocycles. The molecule has 0 radical (unpaired) electrons. The highest BCUT2D eigenvalue weighted by Crippen LogP contribution is 2.25. The highest BCUT2D eigenvalue weighted by atomic mass is 16.6. The molecule has 0 bridgehead atoms. The van der Waals surface area contributed by atoms with Gasteiger partial charge < -0.3 is 16.0 Å². The molecular formula is C13H19N5O3. The maximum atomic E-state index is 11.6. The van der Waals surface area contributed by atoms with Gasteiger partial charge in [-0.05, 0) is 32.4 Å². The van der Waals surface area contributed by atoms with Gasteiger partial charge in [-0.1, -0.05) is 0 Å². The van der Waals surface area contributed by atoms with Gasteiger partial charge in [-0.2, -0.15) is 0 Å². The molecule has 21 heavy (non-hydrogen) atoms. The summed E-state index contributed by atoms with van der Waals surface area (Å²) in [5.41, 5.74) is 5.20. The molecule has 8 nitrogen and oxygen atoms in total. The highest BCUT2D eigenvalue weighted by Gasteiger charge is 2.24. The fraction of sp³-hybridized carbons (Fsp3) is 0.538. The van der Waals surface area contributed by atoms with Crippen LogP contribution in [0.5, 0.6) is 0 Å². The molecule has 1 amide bonds. The first-order valence-electron chi connectivity index (χ1n) is 6.88. The van der Waals surface area contributed by atoms with Crippen molar-refractivity contribution in [3.05, 3.63) is 27.9 Å². The van der Waals surface area contributed by atoms with Gasteiger partial charge in [0.05, 0.1) is 10.5 Å². The fourth-order valence-electron chi connectivity index (χ4n) is 2.57. The standard InChI is InChI=1S/C13H19N5O3/c1-17(9-3-2-5-15-6-4-9)13-11(12(14)19)7-10(8-16-13)18(20)21/h7-9,15H,2-6H2,1H3,(H2,14,19). The van der Waals surface area contributed by atoms with Crippen molar-refractivity contribution in [2.24, 2.45) is 5.73 Å². The molecule has 1 atom stereocenters. The summed E-state index contributed by atoms with van der Waals surface area (Å²) in [6, 6.07) is 1.42. The molecule has 1 aliphatic rings. The Hall–Kier alpha value is -2.22. The first-order chi connectivity index (χ1) is 10.0. The largest absolute Gasteiger partial charge is 0.365 e. The van der Waals surface area contributed by atoms with Crippen molar-refractivity contribution in [1.82, 2.24) is 10.3 Å². The van der Waals surface area contributed by atoms with Crippen LogP contribution < -0.4 is 16.0 Å². The van der Waals surface area contributed by atoms with Crippen LogP contribution in [0.15, 0.2) is 12.3 Å². The number of nitro groups is 1. The Morgan fingerprint density at radius 1 is 1.52 bits per heavy atom. The molecule has 1 unspecified atom stereocenters. The van der Waals surface area contributed by atoms with Gasteiger partial charge >= 0.3 is 0 Å². The van der Waals surface area contributed by atoms with Crippen molar-refractivity contribution in [1.29, 1.82) is 0 Å². The van der Waals surface area contributed by atoms with Crippen molar-refractivity contribution in [3.8, 4) is 0 Å². The molecule has 1 aromatic rings. The van der Waals surface area contributed by atoms with E-state index in [1.807, 2.05) is 11.9 Å². The van der Waals surface area contributed by atoms with Crippen LogP contribution in [0.2, 0.25) is 0 Å². The molecule has 3 N–H and O–H groups in total. The number of nitrogens with zero attached hydrogens (tertiary/aromatic N) is 3. The molecular weight excluding hydrogens is 274 g/mol. The summed E-state index contributed by atoms with van der Waals surface area (Å²) >= 11 is 0. The maximum absolute atomic E-state index is 11.6. The monoisotopic (exact) mass is 293 g/mol. The molecule has 2 heterocycles. The second kappa shape index (κ2) is 6.49. The highest BCUT2D eigenvalue weighted by molar-refractivity contribution is 5.98. The predicted molar refractivity (Wildman–Crippen MR) is 78.3 cm³/mol. The maximum Gasteiger partial charge on any atom is 0.288 e. The average Bonchev–Trinajstić information content (AvgIpc) is 2.74. The number of nitrogens with one attached hydrogen (secondary N) is 1. The molecule has 1 saturated heterocycles. The van der Waals surface area contributed by atoms with Gasteiger partial charge in [0.1, 0.15) is 12.0 Å². The van der Waals surface area contributed by atoms with E-state index in [2.05, 4.69) is 10.3 Å². The first-order valence-corrected chi connectivity index (χ1v) is 6.88. The van der Waals surface area contributed by atoms with Crippen molar-refractivity contribution in [2.75, 3.05) is 25.0 Å². The van der Waals surface area contributed by atoms with E-state index in [0.717, 1.165) is 38.5 Å². The number of primary amides is 1. The Balaban J connectivity index is 2.32. The van der Waals surface area contributed by atoms with Gasteiger partial charge in [0, 0.05) is 19.2 Å². The summed E-state index contributed by atoms with van der Waals surface area (Å²) in [4.78, 5) is 27.8. The third kappa shape index (κ3) is 3.46. The quantitative estimate of drug-likeness (QED) is 0.622. The molecule has 1 aliphatic heterocycles. The van der Waals surface area contributed by atoms with Crippen LogP contribution in [0.25, 0.3) is 0 Å². The zero-order chi connectivity index (χ0) is 15.4. The number of rotatable bonds is 4. The van der Waals surface area contributed by atoms with Crippen molar-refractivity contribution in [3.63, 3.8) is 0 Å². The van der Waals surface area contributed by atoms with E-state index in [-0.39, 0.29) is 17.3 Å². The molecule has 8 heteroatoms. The van der Waals surface area contributed by atoms with Gasteiger partial charge in [0.15, 0.2) is 0 Å². The average molecular weight is 293 g/mol. The van der Waals surface area contributed by atoms with Crippen LogP contribution >= 0.6 is 0 Å². The summed E-state index contributed by atoms with van der Waals surface area (Å²) in [5.74, 6) is -0.306. The molecule has 0 spiro atoms. The molecule has 1 aromatic heterocycles. The summed E-state index contributed by atoms with van der Waals surface area (Å²) < 4.78 is 0. The van der Waals surface area contributed by atoms with E-state index in [4.69, 9.17) is 5.73 Å². The number of hydrogen-bond donors (Lipinski definition) is 2. The van der Waals surface area contributed by atoms with E-state index in [1.165, 1.54) is 6.07 Å². The van der Waals surface area contributed by atoms with Crippen LogP contribution in [0.3, 0.4) is 0 Å². The lowest BCUT2D eigenvalue weighted by Crippen LogP contribution is -2.34. The second-order valence-electron chi connectivity index (χ2n) is 5.13. The summed E-state index contributed by atoms with van der Waals surface area (Å²) in [5, 5.41) is 14.1. The van der Waals surface area contributed by atoms with Gasteiger partial charge in [-0.15, -0.1) is 0 Å². The van der Waals surface area contributed by atoms with Crippen LogP contribution in [0.4, 0.5) is 11.5 Å². The summed E-state index contributed by atoms with van der Waals surface area (Å²) in [7, 11) is 1.84. The Kier molecular flexibility index (Phi) is 4.69. The molecule has 1 fully saturated rings. The molecule has 114 valence electrons. The number of nitrogens with two attached hydrogens (primary N) is 1. The summed E-state index contributed by atoms with van der Waals surface area (Å²) in [6.07, 6.45) is 4.09. The number of carbonyl (C=O) groups excluding carboxylic acids is 1. The Bertz CT molecular complexity index is 541. The van der Waals surface area contributed by atoms with E-state index >= 15 is 0 Å². The van der Waals surface area contributed by atoms with Crippen molar-refractivity contribution < 1.29 is 9.72 Å². The third-order valence-electron chi connectivity index (χ3n) is 3.76. The fourth-order valence-corrected chi connectivity index (χ4v) is 2.57. The minimum absolute atomic E-state index is 0.0870. The van der Waals surface area contributed by atoms with Crippen LogP contribution in [0, 0.1) is 10.1 Å². The number of anilines is 1. The number of amides is 1. The van der Waals surface area contributed by atoms with Crippen LogP contribution in [-0.2, 0) is 0 Å². The van der Waals surface area contributed by atoms with Crippen molar-refractivity contribution >= 4 is 17.4 Å².